The standard InChI is InChI=1S/C12H13ClN2O/c1-9(7-14)8-15(2)12(16)10-4-3-5-11(13)6-10/h3-6,9H,8H2,1-2H3. The van der Waals surface area contributed by atoms with Crippen molar-refractivity contribution in [2.24, 2.45) is 5.92 Å². The molecule has 1 aromatic rings. The van der Waals surface area contributed by atoms with E-state index in [2.05, 4.69) is 6.07 Å². The second kappa shape index (κ2) is 5.53. The molecule has 1 unspecified atom stereocenters. The fourth-order valence-electron chi connectivity index (χ4n) is 1.38. The van der Waals surface area contributed by atoms with E-state index >= 15 is 0 Å². The van der Waals surface area contributed by atoms with Crippen molar-refractivity contribution < 1.29 is 4.79 Å². The molecule has 0 aromatic heterocycles. The highest BCUT2D eigenvalue weighted by Crippen LogP contribution is 2.12. The third kappa shape index (κ3) is 3.25. The van der Waals surface area contributed by atoms with E-state index in [1.165, 1.54) is 4.90 Å². The molecule has 0 spiro atoms. The van der Waals surface area contributed by atoms with Crippen LogP contribution in [0.5, 0.6) is 0 Å². The van der Waals surface area contributed by atoms with Gasteiger partial charge in [0.1, 0.15) is 0 Å². The highest BCUT2D eigenvalue weighted by atomic mass is 35.5. The average Bonchev–Trinajstić information content (AvgIpc) is 2.27. The lowest BCUT2D eigenvalue weighted by Gasteiger charge is -2.18. The molecule has 0 N–H and O–H groups in total. The molecule has 0 saturated heterocycles. The lowest BCUT2D eigenvalue weighted by Crippen LogP contribution is -2.30. The maximum atomic E-state index is 11.9. The molecule has 0 bridgehead atoms. The SMILES string of the molecule is CC(C#N)CN(C)C(=O)c1cccc(Cl)c1. The summed E-state index contributed by atoms with van der Waals surface area (Å²) in [6.07, 6.45) is 0. The largest absolute Gasteiger partial charge is 0.340 e. The minimum Gasteiger partial charge on any atom is -0.340 e. The van der Waals surface area contributed by atoms with Gasteiger partial charge in [-0.15, -0.1) is 0 Å². The smallest absolute Gasteiger partial charge is 0.253 e. The fourth-order valence-corrected chi connectivity index (χ4v) is 1.57. The number of nitriles is 1. The van der Waals surface area contributed by atoms with Crippen molar-refractivity contribution in [1.29, 1.82) is 5.26 Å². The fraction of sp³-hybridized carbons (Fsp3) is 0.333. The molecule has 0 aliphatic rings. The van der Waals surface area contributed by atoms with Crippen LogP contribution in [-0.2, 0) is 0 Å². The van der Waals surface area contributed by atoms with Gasteiger partial charge in [-0.2, -0.15) is 5.26 Å². The van der Waals surface area contributed by atoms with Crippen LogP contribution in [0.1, 0.15) is 17.3 Å². The van der Waals surface area contributed by atoms with Crippen LogP contribution in [-0.4, -0.2) is 24.4 Å². The number of nitrogens with zero attached hydrogens (tertiary/aromatic N) is 2. The minimum atomic E-state index is -0.173. The first kappa shape index (κ1) is 12.5. The number of hydrogen-bond donors (Lipinski definition) is 0. The zero-order chi connectivity index (χ0) is 12.1. The summed E-state index contributed by atoms with van der Waals surface area (Å²) < 4.78 is 0. The number of benzene rings is 1. The summed E-state index contributed by atoms with van der Waals surface area (Å²) in [5, 5.41) is 9.21. The predicted molar refractivity (Wildman–Crippen MR) is 63.2 cm³/mol. The van der Waals surface area contributed by atoms with Crippen molar-refractivity contribution in [2.75, 3.05) is 13.6 Å². The highest BCUT2D eigenvalue weighted by molar-refractivity contribution is 6.30. The monoisotopic (exact) mass is 236 g/mol. The van der Waals surface area contributed by atoms with Crippen LogP contribution in [0.15, 0.2) is 24.3 Å². The molecule has 4 heteroatoms. The van der Waals surface area contributed by atoms with E-state index in [-0.39, 0.29) is 11.8 Å². The Morgan fingerprint density at radius 1 is 1.62 bits per heavy atom. The summed E-state index contributed by atoms with van der Waals surface area (Å²) in [5.41, 5.74) is 0.542. The third-order valence-electron chi connectivity index (χ3n) is 2.19. The van der Waals surface area contributed by atoms with Gasteiger partial charge in [0.25, 0.3) is 5.91 Å². The van der Waals surface area contributed by atoms with Crippen LogP contribution in [0, 0.1) is 17.2 Å². The Hall–Kier alpha value is -1.53. The topological polar surface area (TPSA) is 44.1 Å². The molecule has 1 amide bonds. The Morgan fingerprint density at radius 3 is 2.88 bits per heavy atom. The first-order valence-corrected chi connectivity index (χ1v) is 5.33. The number of rotatable bonds is 3. The molecular formula is C12H13ClN2O. The van der Waals surface area contributed by atoms with E-state index in [1.54, 1.807) is 38.2 Å². The van der Waals surface area contributed by atoms with Gasteiger partial charge >= 0.3 is 0 Å². The molecule has 1 aromatic carbocycles. The second-order valence-corrected chi connectivity index (χ2v) is 4.16. The van der Waals surface area contributed by atoms with Crippen LogP contribution >= 0.6 is 11.6 Å². The van der Waals surface area contributed by atoms with Gasteiger partial charge < -0.3 is 4.90 Å². The van der Waals surface area contributed by atoms with E-state index < -0.39 is 0 Å². The molecule has 0 saturated carbocycles. The van der Waals surface area contributed by atoms with Crippen LogP contribution in [0.2, 0.25) is 5.02 Å². The van der Waals surface area contributed by atoms with Crippen LogP contribution in [0.25, 0.3) is 0 Å². The van der Waals surface area contributed by atoms with Crippen LogP contribution in [0.3, 0.4) is 0 Å². The first-order chi connectivity index (χ1) is 7.54. The quantitative estimate of drug-likeness (QED) is 0.810. The Labute approximate surface area is 100 Å². The van der Waals surface area contributed by atoms with Crippen molar-refractivity contribution in [1.82, 2.24) is 4.90 Å². The van der Waals surface area contributed by atoms with E-state index in [4.69, 9.17) is 16.9 Å². The van der Waals surface area contributed by atoms with Gasteiger partial charge in [-0.1, -0.05) is 17.7 Å². The molecular weight excluding hydrogens is 224 g/mol. The van der Waals surface area contributed by atoms with Gasteiger partial charge in [-0.05, 0) is 25.1 Å². The molecule has 0 aliphatic carbocycles. The summed E-state index contributed by atoms with van der Waals surface area (Å²) in [7, 11) is 1.68. The van der Waals surface area contributed by atoms with E-state index in [0.29, 0.717) is 17.1 Å². The summed E-state index contributed by atoms with van der Waals surface area (Å²) in [6.45, 7) is 2.20. The molecule has 1 atom stereocenters. The van der Waals surface area contributed by atoms with Gasteiger partial charge in [-0.25, -0.2) is 0 Å². The summed E-state index contributed by atoms with van der Waals surface area (Å²) in [4.78, 5) is 13.4. The van der Waals surface area contributed by atoms with Crippen LogP contribution < -0.4 is 0 Å². The molecule has 16 heavy (non-hydrogen) atoms. The van der Waals surface area contributed by atoms with Gasteiger partial charge in [0.15, 0.2) is 0 Å². The van der Waals surface area contributed by atoms with E-state index in [9.17, 15) is 4.79 Å². The van der Waals surface area contributed by atoms with E-state index in [0.717, 1.165) is 0 Å². The molecule has 0 radical (unpaired) electrons. The maximum absolute atomic E-state index is 11.9. The molecule has 0 heterocycles. The number of hydrogen-bond acceptors (Lipinski definition) is 2. The van der Waals surface area contributed by atoms with Crippen molar-refractivity contribution in [3.63, 3.8) is 0 Å². The third-order valence-corrected chi connectivity index (χ3v) is 2.42. The van der Waals surface area contributed by atoms with Gasteiger partial charge in [-0.3, -0.25) is 4.79 Å². The minimum absolute atomic E-state index is 0.121. The van der Waals surface area contributed by atoms with Gasteiger partial charge in [0.05, 0.1) is 12.0 Å². The van der Waals surface area contributed by atoms with Crippen molar-refractivity contribution in [3.05, 3.63) is 34.9 Å². The van der Waals surface area contributed by atoms with Crippen molar-refractivity contribution >= 4 is 17.5 Å². The second-order valence-electron chi connectivity index (χ2n) is 3.73. The van der Waals surface area contributed by atoms with Gasteiger partial charge in [0, 0.05) is 24.2 Å². The lowest BCUT2D eigenvalue weighted by molar-refractivity contribution is 0.0785. The zero-order valence-electron chi connectivity index (χ0n) is 9.27. The highest BCUT2D eigenvalue weighted by Gasteiger charge is 2.14. The lowest BCUT2D eigenvalue weighted by atomic mass is 10.1. The number of halogens is 1. The van der Waals surface area contributed by atoms with E-state index in [1.807, 2.05) is 0 Å². The normalized spacial score (nSPS) is 11.6. The zero-order valence-corrected chi connectivity index (χ0v) is 10.0. The Kier molecular flexibility index (Phi) is 4.33. The van der Waals surface area contributed by atoms with Crippen LogP contribution in [0.4, 0.5) is 0 Å². The maximum Gasteiger partial charge on any atom is 0.253 e. The Balaban J connectivity index is 2.75. The van der Waals surface area contributed by atoms with Gasteiger partial charge in [0.2, 0.25) is 0 Å². The molecule has 0 fully saturated rings. The number of amides is 1. The molecule has 1 rings (SSSR count). The number of carbonyl (C=O) groups is 1. The first-order valence-electron chi connectivity index (χ1n) is 4.95. The molecule has 0 aliphatic heterocycles. The average molecular weight is 237 g/mol. The van der Waals surface area contributed by atoms with Crippen molar-refractivity contribution in [2.45, 2.75) is 6.92 Å². The van der Waals surface area contributed by atoms with Crippen molar-refractivity contribution in [3.8, 4) is 6.07 Å². The Morgan fingerprint density at radius 2 is 2.31 bits per heavy atom. The number of carbonyl (C=O) groups excluding carboxylic acids is 1. The summed E-state index contributed by atoms with van der Waals surface area (Å²) >= 11 is 5.80. The summed E-state index contributed by atoms with van der Waals surface area (Å²) in [6, 6.07) is 8.88. The summed E-state index contributed by atoms with van der Waals surface area (Å²) in [5.74, 6) is -0.294. The molecule has 84 valence electrons. The Bertz CT molecular complexity index is 425. The predicted octanol–water partition coefficient (Wildman–Crippen LogP) is 2.57. The molecule has 3 nitrogen and oxygen atoms in total.